The van der Waals surface area contributed by atoms with Gasteiger partial charge in [0.1, 0.15) is 5.76 Å². The average Bonchev–Trinajstić information content (AvgIpc) is 3.37. The molecule has 0 saturated carbocycles. The number of ether oxygens (including phenoxy) is 2. The van der Waals surface area contributed by atoms with Crippen LogP contribution in [0.3, 0.4) is 0 Å². The predicted molar refractivity (Wildman–Crippen MR) is 109 cm³/mol. The Morgan fingerprint density at radius 2 is 1.72 bits per heavy atom. The zero-order valence-electron chi connectivity index (χ0n) is 16.0. The van der Waals surface area contributed by atoms with Gasteiger partial charge >= 0.3 is 0 Å². The van der Waals surface area contributed by atoms with Gasteiger partial charge in [0.05, 0.1) is 5.75 Å². The Bertz CT molecular complexity index is 1040. The number of fused-ring (bicyclic) bond motifs is 1. The van der Waals surface area contributed by atoms with Crippen LogP contribution < -0.4 is 14.8 Å². The Morgan fingerprint density at radius 1 is 0.966 bits per heavy atom. The molecule has 1 atom stereocenters. The first-order chi connectivity index (χ1) is 14.1. The van der Waals surface area contributed by atoms with Gasteiger partial charge in [0, 0.05) is 23.1 Å². The van der Waals surface area contributed by atoms with Crippen molar-refractivity contribution >= 4 is 16.7 Å². The number of carbonyl (C=O) groups is 1. The van der Waals surface area contributed by atoms with E-state index in [1.54, 1.807) is 12.1 Å². The number of furan rings is 1. The molecule has 1 aliphatic rings. The third-order valence-electron chi connectivity index (χ3n) is 4.53. The standard InChI is InChI=1S/C22H21NO5S/c1-15-2-4-16(5-3-15)12-29(25)13-18-7-9-20(28-18)22(24)23-11-17-6-8-19-21(10-17)27-14-26-19/h2-10H,11-14H2,1H3,(H,23,24)/t29-/m1/s1. The molecule has 2 heterocycles. The molecule has 0 spiro atoms. The van der Waals surface area contributed by atoms with Gasteiger partial charge in [-0.05, 0) is 42.3 Å². The summed E-state index contributed by atoms with van der Waals surface area (Å²) in [6.45, 7) is 2.57. The van der Waals surface area contributed by atoms with Crippen LogP contribution in [-0.2, 0) is 28.9 Å². The quantitative estimate of drug-likeness (QED) is 0.642. The lowest BCUT2D eigenvalue weighted by molar-refractivity contribution is 0.0921. The molecule has 1 N–H and O–H groups in total. The highest BCUT2D eigenvalue weighted by Gasteiger charge is 2.15. The first kappa shape index (κ1) is 19.3. The molecular weight excluding hydrogens is 390 g/mol. The van der Waals surface area contributed by atoms with E-state index in [1.165, 1.54) is 5.56 Å². The van der Waals surface area contributed by atoms with Crippen LogP contribution >= 0.6 is 0 Å². The molecule has 0 unspecified atom stereocenters. The Labute approximate surface area is 171 Å². The monoisotopic (exact) mass is 411 g/mol. The third-order valence-corrected chi connectivity index (χ3v) is 5.79. The summed E-state index contributed by atoms with van der Waals surface area (Å²) in [5.41, 5.74) is 3.08. The van der Waals surface area contributed by atoms with Gasteiger partial charge in [-0.1, -0.05) is 35.9 Å². The molecule has 0 fully saturated rings. The van der Waals surface area contributed by atoms with Gasteiger partial charge in [0.25, 0.3) is 5.91 Å². The van der Waals surface area contributed by atoms with Gasteiger partial charge in [-0.2, -0.15) is 0 Å². The van der Waals surface area contributed by atoms with E-state index < -0.39 is 10.8 Å². The van der Waals surface area contributed by atoms with Crippen molar-refractivity contribution in [1.29, 1.82) is 0 Å². The summed E-state index contributed by atoms with van der Waals surface area (Å²) in [5.74, 6) is 2.51. The summed E-state index contributed by atoms with van der Waals surface area (Å²) in [7, 11) is -1.11. The minimum Gasteiger partial charge on any atom is -0.455 e. The second-order valence-corrected chi connectivity index (χ2v) is 8.31. The van der Waals surface area contributed by atoms with Gasteiger partial charge in [0.15, 0.2) is 17.3 Å². The highest BCUT2D eigenvalue weighted by Crippen LogP contribution is 2.32. The smallest absolute Gasteiger partial charge is 0.287 e. The summed E-state index contributed by atoms with van der Waals surface area (Å²) in [6.07, 6.45) is 0. The fourth-order valence-electron chi connectivity index (χ4n) is 2.98. The number of amides is 1. The molecule has 1 aliphatic heterocycles. The van der Waals surface area contributed by atoms with Crippen molar-refractivity contribution in [3.05, 3.63) is 82.8 Å². The summed E-state index contributed by atoms with van der Waals surface area (Å²) in [5, 5.41) is 2.81. The molecule has 0 saturated heterocycles. The van der Waals surface area contributed by atoms with Crippen LogP contribution in [-0.4, -0.2) is 16.9 Å². The first-order valence-corrected chi connectivity index (χ1v) is 10.7. The number of aryl methyl sites for hydroxylation is 1. The van der Waals surface area contributed by atoms with E-state index in [1.807, 2.05) is 49.4 Å². The summed E-state index contributed by atoms with van der Waals surface area (Å²) < 4.78 is 28.6. The van der Waals surface area contributed by atoms with Gasteiger partial charge in [-0.25, -0.2) is 0 Å². The minimum atomic E-state index is -1.11. The number of hydrogen-bond acceptors (Lipinski definition) is 5. The van der Waals surface area contributed by atoms with E-state index in [2.05, 4.69) is 5.32 Å². The molecule has 6 nitrogen and oxygen atoms in total. The normalized spacial score (nSPS) is 13.3. The van der Waals surface area contributed by atoms with Crippen LogP contribution in [0.5, 0.6) is 11.5 Å². The fourth-order valence-corrected chi connectivity index (χ4v) is 4.12. The largest absolute Gasteiger partial charge is 0.455 e. The van der Waals surface area contributed by atoms with Crippen LogP contribution in [0.15, 0.2) is 59.0 Å². The van der Waals surface area contributed by atoms with Gasteiger partial charge < -0.3 is 19.2 Å². The molecule has 2 aromatic carbocycles. The number of benzene rings is 2. The molecule has 0 aliphatic carbocycles. The van der Waals surface area contributed by atoms with E-state index in [4.69, 9.17) is 13.9 Å². The van der Waals surface area contributed by atoms with Gasteiger partial charge in [-0.15, -0.1) is 0 Å². The van der Waals surface area contributed by atoms with E-state index >= 15 is 0 Å². The Balaban J connectivity index is 1.30. The number of hydrogen-bond donors (Lipinski definition) is 1. The molecule has 1 amide bonds. The third kappa shape index (κ3) is 4.86. The van der Waals surface area contributed by atoms with Crippen LogP contribution in [0.1, 0.15) is 33.0 Å². The second kappa shape index (κ2) is 8.53. The van der Waals surface area contributed by atoms with Crippen LogP contribution in [0.2, 0.25) is 0 Å². The van der Waals surface area contributed by atoms with Crippen molar-refractivity contribution in [2.45, 2.75) is 25.0 Å². The molecule has 3 aromatic rings. The number of nitrogens with one attached hydrogen (secondary N) is 1. The second-order valence-electron chi connectivity index (χ2n) is 6.85. The zero-order chi connectivity index (χ0) is 20.2. The molecule has 4 rings (SSSR count). The topological polar surface area (TPSA) is 77.8 Å². The van der Waals surface area contributed by atoms with Crippen molar-refractivity contribution in [2.75, 3.05) is 6.79 Å². The molecule has 7 heteroatoms. The van der Waals surface area contributed by atoms with Crippen molar-refractivity contribution in [1.82, 2.24) is 5.32 Å². The van der Waals surface area contributed by atoms with Gasteiger partial charge in [0.2, 0.25) is 6.79 Å². The average molecular weight is 411 g/mol. The SMILES string of the molecule is Cc1ccc(C[S@@](=O)Cc2ccc(C(=O)NCc3ccc4c(c3)OCO4)o2)cc1. The zero-order valence-corrected chi connectivity index (χ0v) is 16.8. The maximum Gasteiger partial charge on any atom is 0.287 e. The van der Waals surface area contributed by atoms with Gasteiger partial charge in [-0.3, -0.25) is 9.00 Å². The van der Waals surface area contributed by atoms with E-state index in [-0.39, 0.29) is 24.2 Å². The summed E-state index contributed by atoms with van der Waals surface area (Å²) in [6, 6.07) is 16.8. The molecule has 1 aromatic heterocycles. The van der Waals surface area contributed by atoms with Crippen molar-refractivity contribution in [2.24, 2.45) is 0 Å². The lowest BCUT2D eigenvalue weighted by atomic mass is 10.2. The van der Waals surface area contributed by atoms with E-state index in [0.717, 1.165) is 11.1 Å². The Hall–Kier alpha value is -3.06. The molecule has 29 heavy (non-hydrogen) atoms. The lowest BCUT2D eigenvalue weighted by Gasteiger charge is -2.05. The lowest BCUT2D eigenvalue weighted by Crippen LogP contribution is -2.22. The Morgan fingerprint density at radius 3 is 2.55 bits per heavy atom. The number of rotatable bonds is 7. The summed E-state index contributed by atoms with van der Waals surface area (Å²) >= 11 is 0. The molecule has 0 bridgehead atoms. The maximum atomic E-state index is 12.4. The van der Waals surface area contributed by atoms with Crippen molar-refractivity contribution in [3.63, 3.8) is 0 Å². The summed E-state index contributed by atoms with van der Waals surface area (Å²) in [4.78, 5) is 12.3. The number of carbonyl (C=O) groups excluding carboxylic acids is 1. The minimum absolute atomic E-state index is 0.202. The predicted octanol–water partition coefficient (Wildman–Crippen LogP) is 3.70. The van der Waals surface area contributed by atoms with E-state index in [9.17, 15) is 9.00 Å². The highest BCUT2D eigenvalue weighted by molar-refractivity contribution is 7.83. The van der Waals surface area contributed by atoms with Crippen molar-refractivity contribution < 1.29 is 22.9 Å². The van der Waals surface area contributed by atoms with Crippen molar-refractivity contribution in [3.8, 4) is 11.5 Å². The molecular formula is C22H21NO5S. The molecule has 0 radical (unpaired) electrons. The van der Waals surface area contributed by atoms with Crippen LogP contribution in [0.4, 0.5) is 0 Å². The van der Waals surface area contributed by atoms with E-state index in [0.29, 0.717) is 29.6 Å². The first-order valence-electron chi connectivity index (χ1n) is 9.23. The fraction of sp³-hybridized carbons (Fsp3) is 0.227. The maximum absolute atomic E-state index is 12.4. The molecule has 150 valence electrons. The van der Waals surface area contributed by atoms with Crippen LogP contribution in [0.25, 0.3) is 0 Å². The van der Waals surface area contributed by atoms with Crippen LogP contribution in [0, 0.1) is 6.92 Å². The Kier molecular flexibility index (Phi) is 5.67. The highest BCUT2D eigenvalue weighted by atomic mass is 32.2.